The van der Waals surface area contributed by atoms with E-state index in [2.05, 4.69) is 29.9 Å². The van der Waals surface area contributed by atoms with Gasteiger partial charge in [-0.15, -0.1) is 0 Å². The van der Waals surface area contributed by atoms with Gasteiger partial charge in [0.1, 0.15) is 60.2 Å². The monoisotopic (exact) mass is 713 g/mol. The first kappa shape index (κ1) is 34.3. The van der Waals surface area contributed by atoms with E-state index in [1.54, 1.807) is 0 Å². The summed E-state index contributed by atoms with van der Waals surface area (Å²) < 4.78 is 38.3. The number of aliphatic hydroxyl groups excluding tert-OH is 3. The van der Waals surface area contributed by atoms with E-state index in [0.29, 0.717) is 0 Å². The van der Waals surface area contributed by atoms with Gasteiger partial charge in [0, 0.05) is 5.75 Å². The van der Waals surface area contributed by atoms with Gasteiger partial charge in [0.2, 0.25) is 0 Å². The molecule has 0 aliphatic carbocycles. The normalized spacial score (nSPS) is 29.4. The van der Waals surface area contributed by atoms with Crippen molar-refractivity contribution in [3.05, 3.63) is 25.3 Å². The molecule has 2 fully saturated rings. The van der Waals surface area contributed by atoms with E-state index < -0.39 is 75.5 Å². The standard InChI is InChI=1S/C24H32N11O11PS/c25-9(24(39)40)1-2-48-4-11-17(16(38)23(45-11)35-8-33-13-19(27)29-6-31-21(13)35)46-47(41,42)43-3-10-14(36)15(37)22(44-10)34-7-32-12-18(26)28-5-30-20(12)34/h5-11,14-17,22-23,36-38H,1-4,25H2,(H,39,40)(H,41,42)(H2,26,28,30)(H2,27,29,31)/t9-,10+,11+,14+,15+,16+,17+,22+,23+/m0/s1. The Hall–Kier alpha value is -3.61. The lowest BCUT2D eigenvalue weighted by Crippen LogP contribution is -2.36. The molecule has 0 saturated carbocycles. The molecular formula is C24H32N11O11PS. The number of hydrogen-bond donors (Lipinski definition) is 8. The number of carboxylic acids is 1. The third kappa shape index (κ3) is 6.66. The van der Waals surface area contributed by atoms with E-state index in [0.717, 1.165) is 0 Å². The molecule has 6 heterocycles. The highest BCUT2D eigenvalue weighted by Gasteiger charge is 2.50. The van der Waals surface area contributed by atoms with Crippen LogP contribution in [0.15, 0.2) is 25.3 Å². The Morgan fingerprint density at radius 3 is 2.06 bits per heavy atom. The molecule has 10 atom stereocenters. The number of imidazole rings is 2. The summed E-state index contributed by atoms with van der Waals surface area (Å²) in [5.74, 6) is -0.624. The van der Waals surface area contributed by atoms with Crippen LogP contribution in [0, 0.1) is 0 Å². The van der Waals surface area contributed by atoms with Crippen LogP contribution in [0.2, 0.25) is 0 Å². The van der Waals surface area contributed by atoms with Crippen molar-refractivity contribution in [2.75, 3.05) is 29.6 Å². The van der Waals surface area contributed by atoms with Gasteiger partial charge < -0.3 is 52.0 Å². The number of carboxylic acid groups (broad SMARTS) is 1. The van der Waals surface area contributed by atoms with Gasteiger partial charge in [-0.1, -0.05) is 0 Å². The zero-order chi connectivity index (χ0) is 34.3. The number of aromatic nitrogens is 8. The summed E-state index contributed by atoms with van der Waals surface area (Å²) in [6, 6.07) is -1.09. The molecule has 2 aliphatic heterocycles. The van der Waals surface area contributed by atoms with Crippen LogP contribution in [-0.2, 0) is 27.9 Å². The number of phosphoric ester groups is 1. The van der Waals surface area contributed by atoms with Crippen LogP contribution in [0.3, 0.4) is 0 Å². The van der Waals surface area contributed by atoms with Gasteiger partial charge in [0.15, 0.2) is 35.4 Å². The van der Waals surface area contributed by atoms with Gasteiger partial charge in [0.25, 0.3) is 0 Å². The second-order valence-electron chi connectivity index (χ2n) is 10.9. The highest BCUT2D eigenvalue weighted by molar-refractivity contribution is 7.99. The van der Waals surface area contributed by atoms with Gasteiger partial charge in [-0.25, -0.2) is 34.5 Å². The molecular weight excluding hydrogens is 681 g/mol. The van der Waals surface area contributed by atoms with Gasteiger partial charge >= 0.3 is 13.8 Å². The van der Waals surface area contributed by atoms with Crippen LogP contribution in [0.1, 0.15) is 18.9 Å². The number of fused-ring (bicyclic) bond motifs is 2. The largest absolute Gasteiger partial charge is 0.480 e. The number of rotatable bonds is 13. The number of phosphoric acid groups is 1. The van der Waals surface area contributed by atoms with Crippen LogP contribution in [-0.4, -0.2) is 131 Å². The summed E-state index contributed by atoms with van der Waals surface area (Å²) >= 11 is 1.22. The van der Waals surface area contributed by atoms with Crippen molar-refractivity contribution < 1.29 is 53.2 Å². The van der Waals surface area contributed by atoms with Crippen molar-refractivity contribution >= 4 is 59.5 Å². The number of aliphatic hydroxyl groups is 3. The molecule has 1 unspecified atom stereocenters. The minimum Gasteiger partial charge on any atom is -0.480 e. The van der Waals surface area contributed by atoms with Crippen molar-refractivity contribution in [1.82, 2.24) is 39.0 Å². The minimum absolute atomic E-state index is 0.0801. The number of ether oxygens (including phenoxy) is 2. The zero-order valence-corrected chi connectivity index (χ0v) is 26.4. The fourth-order valence-electron chi connectivity index (χ4n) is 5.31. The smallest absolute Gasteiger partial charge is 0.472 e. The lowest BCUT2D eigenvalue weighted by Gasteiger charge is -2.24. The lowest BCUT2D eigenvalue weighted by atomic mass is 10.1. The molecule has 0 aromatic carbocycles. The van der Waals surface area contributed by atoms with Crippen LogP contribution in [0.25, 0.3) is 22.3 Å². The molecule has 22 nitrogen and oxygen atoms in total. The summed E-state index contributed by atoms with van der Waals surface area (Å²) in [5.41, 5.74) is 18.2. The lowest BCUT2D eigenvalue weighted by molar-refractivity contribution is -0.138. The fraction of sp³-hybridized carbons (Fsp3) is 0.542. The molecule has 260 valence electrons. The summed E-state index contributed by atoms with van der Waals surface area (Å²) in [7, 11) is -5.01. The van der Waals surface area contributed by atoms with Gasteiger partial charge in [-0.3, -0.25) is 23.0 Å². The van der Waals surface area contributed by atoms with E-state index in [1.807, 2.05) is 0 Å². The van der Waals surface area contributed by atoms with Crippen molar-refractivity contribution in [1.29, 1.82) is 0 Å². The van der Waals surface area contributed by atoms with Crippen molar-refractivity contribution in [2.24, 2.45) is 5.73 Å². The number of nitrogen functional groups attached to an aromatic ring is 2. The van der Waals surface area contributed by atoms with Crippen molar-refractivity contribution in [2.45, 2.75) is 61.5 Å². The topological polar surface area (TPSA) is 337 Å². The Morgan fingerprint density at radius 1 is 0.917 bits per heavy atom. The molecule has 0 bridgehead atoms. The molecule has 0 radical (unpaired) electrons. The number of anilines is 2. The maximum absolute atomic E-state index is 13.2. The maximum Gasteiger partial charge on any atom is 0.472 e. The van der Waals surface area contributed by atoms with Gasteiger partial charge in [-0.05, 0) is 12.2 Å². The Balaban J connectivity index is 1.15. The summed E-state index contributed by atoms with van der Waals surface area (Å²) in [6.45, 7) is -0.714. The van der Waals surface area contributed by atoms with Crippen LogP contribution >= 0.6 is 19.6 Å². The van der Waals surface area contributed by atoms with E-state index >= 15 is 0 Å². The average molecular weight is 714 g/mol. The van der Waals surface area contributed by atoms with Crippen molar-refractivity contribution in [3.8, 4) is 0 Å². The Kier molecular flexibility index (Phi) is 9.79. The molecule has 11 N–H and O–H groups in total. The van der Waals surface area contributed by atoms with Gasteiger partial charge in [0.05, 0.1) is 25.4 Å². The molecule has 24 heteroatoms. The van der Waals surface area contributed by atoms with Crippen LogP contribution < -0.4 is 17.2 Å². The van der Waals surface area contributed by atoms with E-state index in [9.17, 15) is 29.6 Å². The number of thioether (sulfide) groups is 1. The number of carbonyl (C=O) groups is 1. The number of nitrogens with zero attached hydrogens (tertiary/aromatic N) is 8. The predicted molar refractivity (Wildman–Crippen MR) is 164 cm³/mol. The first-order valence-corrected chi connectivity index (χ1v) is 16.9. The molecule has 0 amide bonds. The van der Waals surface area contributed by atoms with Crippen molar-refractivity contribution in [3.63, 3.8) is 0 Å². The highest BCUT2D eigenvalue weighted by atomic mass is 32.2. The summed E-state index contributed by atoms with van der Waals surface area (Å²) in [4.78, 5) is 46.1. The summed E-state index contributed by atoms with van der Waals surface area (Å²) in [6.07, 6.45) is -5.77. The number of hydrogen-bond acceptors (Lipinski definition) is 19. The minimum atomic E-state index is -5.01. The molecule has 48 heavy (non-hydrogen) atoms. The predicted octanol–water partition coefficient (Wildman–Crippen LogP) is -2.25. The first-order chi connectivity index (χ1) is 22.9. The average Bonchev–Trinajstić information content (AvgIpc) is 3.81. The third-order valence-electron chi connectivity index (χ3n) is 7.80. The fourth-order valence-corrected chi connectivity index (χ4v) is 7.36. The highest BCUT2D eigenvalue weighted by Crippen LogP contribution is 2.50. The SMILES string of the molecule is Nc1ncnc2c1ncn2[C@@H]1O[C@H](COP(=O)(O)O[C@H]2[C@@H](O)[C@H](n3cnc4c(N)ncnc43)O[C@@H]2CSCC[C@H](N)C(=O)O)[C@@H](O)[C@H]1O. The molecule has 4 aromatic heterocycles. The maximum atomic E-state index is 13.2. The Bertz CT molecular complexity index is 1830. The van der Waals surface area contributed by atoms with E-state index in [1.165, 1.54) is 46.2 Å². The molecule has 2 aliphatic rings. The number of nitrogens with two attached hydrogens (primary N) is 3. The van der Waals surface area contributed by atoms with Gasteiger partial charge in [-0.2, -0.15) is 11.8 Å². The quantitative estimate of drug-likeness (QED) is 0.0535. The Morgan fingerprint density at radius 2 is 1.48 bits per heavy atom. The van der Waals surface area contributed by atoms with Crippen LogP contribution in [0.5, 0.6) is 0 Å². The third-order valence-corrected chi connectivity index (χ3v) is 9.87. The summed E-state index contributed by atoms with van der Waals surface area (Å²) in [5, 5.41) is 41.7. The van der Waals surface area contributed by atoms with E-state index in [4.69, 9.17) is 40.8 Å². The molecule has 6 rings (SSSR count). The second-order valence-corrected chi connectivity index (χ2v) is 13.5. The van der Waals surface area contributed by atoms with Crippen LogP contribution in [0.4, 0.5) is 11.6 Å². The Labute approximate surface area is 273 Å². The second kappa shape index (κ2) is 13.7. The number of aliphatic carboxylic acids is 1. The van der Waals surface area contributed by atoms with E-state index in [-0.39, 0.29) is 51.9 Å². The first-order valence-electron chi connectivity index (χ1n) is 14.3. The molecule has 2 saturated heterocycles. The zero-order valence-electron chi connectivity index (χ0n) is 24.7. The molecule has 4 aromatic rings. The molecule has 0 spiro atoms.